The molecule has 20 heavy (non-hydrogen) atoms. The van der Waals surface area contributed by atoms with Crippen LogP contribution in [-0.2, 0) is 0 Å². The first-order valence-electron chi connectivity index (χ1n) is 5.99. The molecule has 1 N–H and O–H groups in total. The molecule has 0 aliphatic carbocycles. The number of hydrogen-bond acceptors (Lipinski definition) is 4. The van der Waals surface area contributed by atoms with Crippen molar-refractivity contribution in [3.05, 3.63) is 58.4 Å². The molecule has 0 bridgehead atoms. The Morgan fingerprint density at radius 2 is 1.95 bits per heavy atom. The molecule has 0 heterocycles. The smallest absolute Gasteiger partial charge is 0.315 e. The summed E-state index contributed by atoms with van der Waals surface area (Å²) in [7, 11) is 3.28. The first-order valence-corrected chi connectivity index (χ1v) is 5.99. The van der Waals surface area contributed by atoms with Crippen molar-refractivity contribution in [3.63, 3.8) is 0 Å². The Kier molecular flexibility index (Phi) is 3.84. The lowest BCUT2D eigenvalue weighted by Crippen LogP contribution is -2.12. The Morgan fingerprint density at radius 1 is 1.25 bits per heavy atom. The van der Waals surface area contributed by atoms with Gasteiger partial charge in [0.05, 0.1) is 4.92 Å². The molecule has 0 aliphatic rings. The van der Waals surface area contributed by atoms with Gasteiger partial charge in [-0.1, -0.05) is 12.1 Å². The number of hydrogen-bond donors (Lipinski definition) is 1. The minimum Gasteiger partial charge on any atom is -0.382 e. The van der Waals surface area contributed by atoms with Gasteiger partial charge in [-0.15, -0.1) is 0 Å². The number of halogens is 1. The second-order valence-corrected chi connectivity index (χ2v) is 4.22. The summed E-state index contributed by atoms with van der Waals surface area (Å²) in [5.74, 6) is -0.387. The van der Waals surface area contributed by atoms with Crippen LogP contribution in [0.4, 0.5) is 27.1 Å². The van der Waals surface area contributed by atoms with Gasteiger partial charge in [0.15, 0.2) is 0 Å². The van der Waals surface area contributed by atoms with E-state index in [4.69, 9.17) is 0 Å². The van der Waals surface area contributed by atoms with Crippen LogP contribution in [-0.4, -0.2) is 19.0 Å². The van der Waals surface area contributed by atoms with Crippen molar-refractivity contribution in [3.8, 4) is 0 Å². The van der Waals surface area contributed by atoms with Gasteiger partial charge >= 0.3 is 5.69 Å². The summed E-state index contributed by atoms with van der Waals surface area (Å²) < 4.78 is 13.3. The highest BCUT2D eigenvalue weighted by atomic mass is 19.1. The molecule has 0 radical (unpaired) electrons. The van der Waals surface area contributed by atoms with Gasteiger partial charge < -0.3 is 10.2 Å². The van der Waals surface area contributed by atoms with Crippen molar-refractivity contribution in [1.29, 1.82) is 0 Å². The highest BCUT2D eigenvalue weighted by Gasteiger charge is 2.22. The van der Waals surface area contributed by atoms with Crippen LogP contribution in [0.5, 0.6) is 0 Å². The van der Waals surface area contributed by atoms with E-state index in [-0.39, 0.29) is 11.5 Å². The molecule has 0 saturated heterocycles. The lowest BCUT2D eigenvalue weighted by Gasteiger charge is -2.20. The van der Waals surface area contributed by atoms with Crippen molar-refractivity contribution >= 4 is 22.7 Å². The molecule has 6 heteroatoms. The van der Waals surface area contributed by atoms with E-state index in [0.717, 1.165) is 0 Å². The zero-order chi connectivity index (χ0) is 14.7. The molecule has 2 rings (SSSR count). The standard InChI is InChI=1S/C14H14FN3O2/c1-16-12-7-4-8-13(14(12)18(19)20)17(2)11-6-3-5-10(15)9-11/h3-9,16H,1-2H3. The zero-order valence-corrected chi connectivity index (χ0v) is 11.1. The van der Waals surface area contributed by atoms with E-state index in [2.05, 4.69) is 5.32 Å². The number of nitrogens with zero attached hydrogens (tertiary/aromatic N) is 2. The quantitative estimate of drug-likeness (QED) is 0.685. The van der Waals surface area contributed by atoms with E-state index in [1.807, 2.05) is 0 Å². The highest BCUT2D eigenvalue weighted by molar-refractivity contribution is 5.80. The van der Waals surface area contributed by atoms with Gasteiger partial charge in [0, 0.05) is 19.8 Å². The van der Waals surface area contributed by atoms with Crippen LogP contribution in [0.25, 0.3) is 0 Å². The molecule has 0 amide bonds. The van der Waals surface area contributed by atoms with Crippen molar-refractivity contribution in [2.45, 2.75) is 0 Å². The third-order valence-electron chi connectivity index (χ3n) is 3.02. The molecule has 0 unspecified atom stereocenters. The van der Waals surface area contributed by atoms with Crippen LogP contribution in [0.15, 0.2) is 42.5 Å². The molecule has 104 valence electrons. The lowest BCUT2D eigenvalue weighted by molar-refractivity contribution is -0.383. The molecule has 0 aromatic heterocycles. The van der Waals surface area contributed by atoms with Crippen molar-refractivity contribution in [1.82, 2.24) is 0 Å². The Balaban J connectivity index is 2.54. The summed E-state index contributed by atoms with van der Waals surface area (Å²) in [6.45, 7) is 0. The maximum Gasteiger partial charge on any atom is 0.315 e. The number of benzene rings is 2. The normalized spacial score (nSPS) is 10.2. The van der Waals surface area contributed by atoms with Crippen molar-refractivity contribution in [2.24, 2.45) is 0 Å². The fourth-order valence-electron chi connectivity index (χ4n) is 2.02. The van der Waals surface area contributed by atoms with Gasteiger partial charge in [-0.3, -0.25) is 10.1 Å². The monoisotopic (exact) mass is 275 g/mol. The van der Waals surface area contributed by atoms with Crippen LogP contribution in [0.1, 0.15) is 0 Å². The molecule has 5 nitrogen and oxygen atoms in total. The number of nitro groups is 1. The Hall–Kier alpha value is -2.63. The number of nitro benzene ring substituents is 1. The topological polar surface area (TPSA) is 58.4 Å². The van der Waals surface area contributed by atoms with Crippen LogP contribution in [0, 0.1) is 15.9 Å². The number of anilines is 3. The van der Waals surface area contributed by atoms with E-state index < -0.39 is 4.92 Å². The Morgan fingerprint density at radius 3 is 2.55 bits per heavy atom. The molecule has 2 aromatic rings. The van der Waals surface area contributed by atoms with Crippen LogP contribution < -0.4 is 10.2 Å². The van der Waals surface area contributed by atoms with Gasteiger partial charge in [-0.05, 0) is 30.3 Å². The number of para-hydroxylation sites is 1. The molecule has 0 aliphatic heterocycles. The third kappa shape index (κ3) is 2.54. The largest absolute Gasteiger partial charge is 0.382 e. The zero-order valence-electron chi connectivity index (χ0n) is 11.1. The van der Waals surface area contributed by atoms with Crippen molar-refractivity contribution in [2.75, 3.05) is 24.3 Å². The second kappa shape index (κ2) is 5.56. The maximum absolute atomic E-state index is 13.3. The molecule has 0 fully saturated rings. The SMILES string of the molecule is CNc1cccc(N(C)c2cccc(F)c2)c1[N+](=O)[O-]. The predicted molar refractivity (Wildman–Crippen MR) is 77.1 cm³/mol. The maximum atomic E-state index is 13.3. The Labute approximate surface area is 115 Å². The second-order valence-electron chi connectivity index (χ2n) is 4.22. The Bertz CT molecular complexity index is 646. The first kappa shape index (κ1) is 13.8. The minimum atomic E-state index is -0.447. The predicted octanol–water partition coefficient (Wildman–Crippen LogP) is 3.54. The molecular formula is C14H14FN3O2. The highest BCUT2D eigenvalue weighted by Crippen LogP contribution is 2.37. The van der Waals surface area contributed by atoms with Crippen LogP contribution in [0.2, 0.25) is 0 Å². The number of rotatable bonds is 4. The summed E-state index contributed by atoms with van der Waals surface area (Å²) >= 11 is 0. The van der Waals surface area contributed by atoms with Gasteiger partial charge in [-0.25, -0.2) is 4.39 Å². The molecule has 0 saturated carbocycles. The molecular weight excluding hydrogens is 261 g/mol. The van der Waals surface area contributed by atoms with Crippen LogP contribution in [0.3, 0.4) is 0 Å². The van der Waals surface area contributed by atoms with E-state index in [9.17, 15) is 14.5 Å². The van der Waals surface area contributed by atoms with E-state index in [1.165, 1.54) is 12.1 Å². The summed E-state index contributed by atoms with van der Waals surface area (Å²) in [4.78, 5) is 12.4. The average Bonchev–Trinajstić information content (AvgIpc) is 2.45. The first-order chi connectivity index (χ1) is 9.54. The fourth-order valence-corrected chi connectivity index (χ4v) is 2.02. The fraction of sp³-hybridized carbons (Fsp3) is 0.143. The van der Waals surface area contributed by atoms with Gasteiger partial charge in [0.25, 0.3) is 0 Å². The van der Waals surface area contributed by atoms with E-state index in [1.54, 1.807) is 49.3 Å². The third-order valence-corrected chi connectivity index (χ3v) is 3.02. The number of nitrogens with one attached hydrogen (secondary N) is 1. The summed E-state index contributed by atoms with van der Waals surface area (Å²) in [6, 6.07) is 10.9. The molecule has 2 aromatic carbocycles. The summed E-state index contributed by atoms with van der Waals surface area (Å²) in [5, 5.41) is 14.1. The van der Waals surface area contributed by atoms with Gasteiger partial charge in [0.2, 0.25) is 0 Å². The van der Waals surface area contributed by atoms with E-state index >= 15 is 0 Å². The van der Waals surface area contributed by atoms with E-state index in [0.29, 0.717) is 17.1 Å². The lowest BCUT2D eigenvalue weighted by atomic mass is 10.2. The van der Waals surface area contributed by atoms with Crippen LogP contribution >= 0.6 is 0 Å². The van der Waals surface area contributed by atoms with Gasteiger partial charge in [-0.2, -0.15) is 0 Å². The summed E-state index contributed by atoms with van der Waals surface area (Å²) in [6.07, 6.45) is 0. The summed E-state index contributed by atoms with van der Waals surface area (Å²) in [5.41, 5.74) is 1.31. The van der Waals surface area contributed by atoms with Crippen molar-refractivity contribution < 1.29 is 9.31 Å². The minimum absolute atomic E-state index is 0.0400. The molecule has 0 atom stereocenters. The molecule has 0 spiro atoms. The van der Waals surface area contributed by atoms with Gasteiger partial charge in [0.1, 0.15) is 17.2 Å². The average molecular weight is 275 g/mol.